The summed E-state index contributed by atoms with van der Waals surface area (Å²) >= 11 is 11.6. The molecule has 0 aliphatic rings. The Morgan fingerprint density at radius 3 is 2.40 bits per heavy atom. The summed E-state index contributed by atoms with van der Waals surface area (Å²) in [5.74, 6) is 0. The third-order valence-corrected chi connectivity index (χ3v) is 3.59. The first-order valence-corrected chi connectivity index (χ1v) is 4.79. The predicted molar refractivity (Wildman–Crippen MR) is 50.8 cm³/mol. The monoisotopic (exact) mass is 190 g/mol. The van der Waals surface area contributed by atoms with Crippen molar-refractivity contribution in [3.8, 4) is 0 Å². The molecule has 1 rings (SSSR count). The number of hydrogen-bond acceptors (Lipinski definition) is 0. The molecule has 0 bridgehead atoms. The highest BCUT2D eigenvalue weighted by Gasteiger charge is 2.01. The fourth-order valence-corrected chi connectivity index (χ4v) is 1.74. The summed E-state index contributed by atoms with van der Waals surface area (Å²) in [5.41, 5.74) is 1.13. The zero-order valence-electron chi connectivity index (χ0n) is 5.91. The van der Waals surface area contributed by atoms with Gasteiger partial charge in [0.2, 0.25) is 0 Å². The van der Waals surface area contributed by atoms with Crippen LogP contribution in [-0.2, 0) is 0 Å². The van der Waals surface area contributed by atoms with Crippen LogP contribution in [0.3, 0.4) is 0 Å². The van der Waals surface area contributed by atoms with E-state index in [4.69, 9.17) is 23.2 Å². The van der Waals surface area contributed by atoms with Crippen LogP contribution in [0.25, 0.3) is 0 Å². The largest absolute Gasteiger partial charge is 0.0827 e. The average molecular weight is 191 g/mol. The summed E-state index contributed by atoms with van der Waals surface area (Å²) < 4.78 is 0. The molecule has 10 heavy (non-hydrogen) atoms. The molecule has 0 radical (unpaired) electrons. The molecule has 0 saturated heterocycles. The first-order valence-electron chi connectivity index (χ1n) is 3.04. The lowest BCUT2D eigenvalue weighted by Gasteiger charge is -2.02. The number of benzene rings is 1. The molecule has 1 aromatic rings. The summed E-state index contributed by atoms with van der Waals surface area (Å²) in [4.78, 5) is 0. The summed E-state index contributed by atoms with van der Waals surface area (Å²) in [7, 11) is 1.03. The fraction of sp³-hybridized carbons (Fsp3) is 0.143. The van der Waals surface area contributed by atoms with Gasteiger partial charge in [0.25, 0.3) is 0 Å². The average Bonchev–Trinajstić information content (AvgIpc) is 1.93. The van der Waals surface area contributed by atoms with E-state index >= 15 is 0 Å². The van der Waals surface area contributed by atoms with E-state index < -0.39 is 0 Å². The fourth-order valence-electron chi connectivity index (χ4n) is 0.749. The van der Waals surface area contributed by atoms with Crippen LogP contribution in [0.1, 0.15) is 5.56 Å². The molecule has 0 spiro atoms. The first-order chi connectivity index (χ1) is 4.63. The molecule has 1 aromatic carbocycles. The predicted octanol–water partition coefficient (Wildman–Crippen LogP) is 1.29. The van der Waals surface area contributed by atoms with Crippen LogP contribution in [0.15, 0.2) is 12.1 Å². The van der Waals surface area contributed by atoms with E-state index in [9.17, 15) is 0 Å². The van der Waals surface area contributed by atoms with E-state index in [1.54, 1.807) is 0 Å². The van der Waals surface area contributed by atoms with Gasteiger partial charge < -0.3 is 0 Å². The molecule has 0 nitrogen and oxygen atoms in total. The highest BCUT2D eigenvalue weighted by molar-refractivity contribution is 6.44. The number of hydrogen-bond donors (Lipinski definition) is 0. The second kappa shape index (κ2) is 2.95. The Morgan fingerprint density at radius 2 is 1.90 bits per heavy atom. The van der Waals surface area contributed by atoms with Gasteiger partial charge in [0.05, 0.1) is 10.0 Å². The van der Waals surface area contributed by atoms with Crippen molar-refractivity contribution in [2.45, 2.75) is 6.92 Å². The van der Waals surface area contributed by atoms with Gasteiger partial charge in [-0.1, -0.05) is 34.5 Å². The second-order valence-corrected chi connectivity index (χ2v) is 4.17. The lowest BCUT2D eigenvalue weighted by Crippen LogP contribution is -2.06. The van der Waals surface area contributed by atoms with Gasteiger partial charge in [0.1, 0.15) is 0 Å². The molecule has 0 atom stereocenters. The van der Waals surface area contributed by atoms with Crippen molar-refractivity contribution in [2.24, 2.45) is 0 Å². The number of halogens is 2. The van der Waals surface area contributed by atoms with Gasteiger partial charge in [-0.25, -0.2) is 0 Å². The summed E-state index contributed by atoms with van der Waals surface area (Å²) in [6.07, 6.45) is 0. The second-order valence-electron chi connectivity index (χ2n) is 2.30. The van der Waals surface area contributed by atoms with Crippen LogP contribution in [0.2, 0.25) is 10.0 Å². The molecule has 0 fully saturated rings. The van der Waals surface area contributed by atoms with E-state index in [1.165, 1.54) is 5.19 Å². The molecular weight excluding hydrogens is 183 g/mol. The van der Waals surface area contributed by atoms with Gasteiger partial charge >= 0.3 is 0 Å². The van der Waals surface area contributed by atoms with Gasteiger partial charge in [-0.05, 0) is 18.6 Å². The summed E-state index contributed by atoms with van der Waals surface area (Å²) in [6, 6.07) is 3.87. The Morgan fingerprint density at radius 1 is 1.30 bits per heavy atom. The Kier molecular flexibility index (Phi) is 2.39. The first kappa shape index (κ1) is 8.12. The van der Waals surface area contributed by atoms with E-state index in [1.807, 2.05) is 19.1 Å². The molecule has 0 unspecified atom stereocenters. The summed E-state index contributed by atoms with van der Waals surface area (Å²) in [6.45, 7) is 2.00. The minimum absolute atomic E-state index is 0.652. The molecule has 0 amide bonds. The van der Waals surface area contributed by atoms with Gasteiger partial charge in [0.15, 0.2) is 0 Å². The van der Waals surface area contributed by atoms with E-state index in [-0.39, 0.29) is 0 Å². The van der Waals surface area contributed by atoms with E-state index in [0.717, 1.165) is 15.8 Å². The van der Waals surface area contributed by atoms with Crippen LogP contribution in [0, 0.1) is 6.92 Å². The number of rotatable bonds is 0. The van der Waals surface area contributed by atoms with Gasteiger partial charge in [-0.3, -0.25) is 0 Å². The minimum atomic E-state index is 0.652. The Labute approximate surface area is 73.6 Å². The van der Waals surface area contributed by atoms with Crippen LogP contribution in [-0.4, -0.2) is 10.2 Å². The quantitative estimate of drug-likeness (QED) is 0.542. The highest BCUT2D eigenvalue weighted by atomic mass is 35.5. The van der Waals surface area contributed by atoms with Crippen LogP contribution < -0.4 is 5.19 Å². The van der Waals surface area contributed by atoms with Crippen molar-refractivity contribution < 1.29 is 0 Å². The highest BCUT2D eigenvalue weighted by Crippen LogP contribution is 2.22. The third kappa shape index (κ3) is 1.36. The van der Waals surface area contributed by atoms with Crippen LogP contribution >= 0.6 is 23.2 Å². The lowest BCUT2D eigenvalue weighted by atomic mass is 10.2. The molecular formula is C7H8Cl2Si. The Hall–Kier alpha value is 0.0169. The third-order valence-electron chi connectivity index (χ3n) is 1.61. The van der Waals surface area contributed by atoms with Crippen molar-refractivity contribution in [3.63, 3.8) is 0 Å². The molecule has 0 heterocycles. The van der Waals surface area contributed by atoms with Crippen molar-refractivity contribution >= 4 is 38.6 Å². The zero-order chi connectivity index (χ0) is 7.72. The maximum atomic E-state index is 5.87. The van der Waals surface area contributed by atoms with Gasteiger partial charge in [0, 0.05) is 10.2 Å². The van der Waals surface area contributed by atoms with Crippen LogP contribution in [0.5, 0.6) is 0 Å². The summed E-state index contributed by atoms with van der Waals surface area (Å²) in [5, 5.41) is 2.67. The molecule has 54 valence electrons. The SMILES string of the molecule is Cc1c([SiH3])ccc(Cl)c1Cl. The van der Waals surface area contributed by atoms with Crippen LogP contribution in [0.4, 0.5) is 0 Å². The van der Waals surface area contributed by atoms with Gasteiger partial charge in [-0.15, -0.1) is 0 Å². The molecule has 0 aliphatic heterocycles. The van der Waals surface area contributed by atoms with Gasteiger partial charge in [-0.2, -0.15) is 0 Å². The normalized spacial score (nSPS) is 10.3. The molecule has 3 heteroatoms. The van der Waals surface area contributed by atoms with Crippen molar-refractivity contribution in [2.75, 3.05) is 0 Å². The Bertz CT molecular complexity index is 231. The van der Waals surface area contributed by atoms with Crippen molar-refractivity contribution in [3.05, 3.63) is 27.7 Å². The molecule has 0 N–H and O–H groups in total. The maximum Gasteiger partial charge on any atom is 0.0619 e. The lowest BCUT2D eigenvalue weighted by molar-refractivity contribution is 1.52. The Balaban J connectivity index is 3.34. The minimum Gasteiger partial charge on any atom is -0.0827 e. The topological polar surface area (TPSA) is 0 Å². The maximum absolute atomic E-state index is 5.87. The van der Waals surface area contributed by atoms with Crippen molar-refractivity contribution in [1.82, 2.24) is 0 Å². The molecule has 0 saturated carbocycles. The smallest absolute Gasteiger partial charge is 0.0619 e. The zero-order valence-corrected chi connectivity index (χ0v) is 9.42. The molecule has 0 aliphatic carbocycles. The van der Waals surface area contributed by atoms with E-state index in [2.05, 4.69) is 0 Å². The molecule has 0 aromatic heterocycles. The van der Waals surface area contributed by atoms with Crippen molar-refractivity contribution in [1.29, 1.82) is 0 Å². The van der Waals surface area contributed by atoms with E-state index in [0.29, 0.717) is 10.0 Å². The standard InChI is InChI=1S/C7H8Cl2Si/c1-4-6(10)3-2-5(8)7(4)9/h2-3H,1,10H3.